The number of aliphatic hydroxyl groups excluding tert-OH is 2. The molecule has 0 fully saturated rings. The molecule has 0 aliphatic heterocycles. The van der Waals surface area contributed by atoms with Crippen molar-refractivity contribution < 1.29 is 24.5 Å². The summed E-state index contributed by atoms with van der Waals surface area (Å²) in [6.07, 6.45) is 2.04. The van der Waals surface area contributed by atoms with Crippen LogP contribution in [-0.4, -0.2) is 61.5 Å². The summed E-state index contributed by atoms with van der Waals surface area (Å²) in [7, 11) is 0. The molecular weight excluding hydrogens is 264 g/mol. The van der Waals surface area contributed by atoms with Crippen molar-refractivity contribution in [3.05, 3.63) is 12.7 Å². The second-order valence-corrected chi connectivity index (χ2v) is 4.13. The first-order chi connectivity index (χ1) is 9.65. The number of carbonyl (C=O) groups is 2. The molecule has 116 valence electrons. The van der Waals surface area contributed by atoms with E-state index >= 15 is 0 Å². The van der Waals surface area contributed by atoms with Gasteiger partial charge in [0.1, 0.15) is 0 Å². The molecule has 7 nitrogen and oxygen atoms in total. The van der Waals surface area contributed by atoms with Crippen LogP contribution in [0.25, 0.3) is 0 Å². The van der Waals surface area contributed by atoms with Gasteiger partial charge in [-0.25, -0.2) is 0 Å². The lowest BCUT2D eigenvalue weighted by Gasteiger charge is -2.14. The van der Waals surface area contributed by atoms with Gasteiger partial charge < -0.3 is 25.6 Å². The van der Waals surface area contributed by atoms with E-state index in [9.17, 15) is 9.59 Å². The highest BCUT2D eigenvalue weighted by molar-refractivity contribution is 5.85. The second kappa shape index (κ2) is 12.6. The first kappa shape index (κ1) is 18.6. The molecule has 20 heavy (non-hydrogen) atoms. The van der Waals surface area contributed by atoms with Crippen LogP contribution in [0, 0.1) is 5.92 Å². The van der Waals surface area contributed by atoms with E-state index in [2.05, 4.69) is 17.2 Å². The first-order valence-electron chi connectivity index (χ1n) is 6.60. The van der Waals surface area contributed by atoms with E-state index in [4.69, 9.17) is 14.9 Å². The molecule has 7 heteroatoms. The summed E-state index contributed by atoms with van der Waals surface area (Å²) in [5, 5.41) is 22.3. The number of amides is 2. The molecule has 0 radical (unpaired) electrons. The molecule has 0 saturated carbocycles. The summed E-state index contributed by atoms with van der Waals surface area (Å²) >= 11 is 0. The van der Waals surface area contributed by atoms with Crippen molar-refractivity contribution in [2.45, 2.75) is 12.8 Å². The maximum absolute atomic E-state index is 11.7. The van der Waals surface area contributed by atoms with Gasteiger partial charge in [-0.15, -0.1) is 6.58 Å². The Bertz CT molecular complexity index is 296. The quantitative estimate of drug-likeness (QED) is 0.266. The minimum Gasteiger partial charge on any atom is -0.395 e. The minimum atomic E-state index is -0.489. The Kier molecular flexibility index (Phi) is 11.7. The maximum Gasteiger partial charge on any atom is 0.224 e. The smallest absolute Gasteiger partial charge is 0.224 e. The zero-order chi connectivity index (χ0) is 15.2. The van der Waals surface area contributed by atoms with Crippen LogP contribution in [0.15, 0.2) is 12.7 Å². The molecule has 0 aromatic carbocycles. The Labute approximate surface area is 119 Å². The number of rotatable bonds is 12. The molecule has 0 aromatic rings. The number of ether oxygens (including phenoxy) is 1. The van der Waals surface area contributed by atoms with E-state index in [1.165, 1.54) is 0 Å². The molecule has 0 aliphatic carbocycles. The van der Waals surface area contributed by atoms with Crippen molar-refractivity contribution in [2.24, 2.45) is 5.92 Å². The number of aliphatic hydroxyl groups is 2. The van der Waals surface area contributed by atoms with Gasteiger partial charge in [0.05, 0.1) is 32.3 Å². The standard InChI is InChI=1S/C13H24N2O5/c1-2-3-11(13(19)15-4-6-16)10-12(18)14-5-8-20-9-7-17/h2,11,16-17H,1,3-10H2,(H,14,18)(H,15,19)/t11-/m0/s1. The molecule has 0 aromatic heterocycles. The number of allylic oxidation sites excluding steroid dienone is 1. The predicted octanol–water partition coefficient (Wildman–Crippen LogP) is -1.20. The van der Waals surface area contributed by atoms with Crippen molar-refractivity contribution in [3.8, 4) is 0 Å². The largest absolute Gasteiger partial charge is 0.395 e. The highest BCUT2D eigenvalue weighted by Gasteiger charge is 2.20. The molecule has 0 aliphatic rings. The van der Waals surface area contributed by atoms with E-state index < -0.39 is 5.92 Å². The molecule has 2 amide bonds. The zero-order valence-corrected chi connectivity index (χ0v) is 11.6. The maximum atomic E-state index is 11.7. The predicted molar refractivity (Wildman–Crippen MR) is 73.9 cm³/mol. The van der Waals surface area contributed by atoms with Gasteiger partial charge in [-0.05, 0) is 6.42 Å². The van der Waals surface area contributed by atoms with Crippen molar-refractivity contribution in [1.29, 1.82) is 0 Å². The first-order valence-corrected chi connectivity index (χ1v) is 6.60. The monoisotopic (exact) mass is 288 g/mol. The molecular formula is C13H24N2O5. The van der Waals surface area contributed by atoms with Crippen LogP contribution in [0.5, 0.6) is 0 Å². The lowest BCUT2D eigenvalue weighted by atomic mass is 10.00. The highest BCUT2D eigenvalue weighted by atomic mass is 16.5. The van der Waals surface area contributed by atoms with E-state index in [1.54, 1.807) is 6.08 Å². The van der Waals surface area contributed by atoms with Crippen LogP contribution >= 0.6 is 0 Å². The molecule has 0 unspecified atom stereocenters. The Hall–Kier alpha value is -1.44. The van der Waals surface area contributed by atoms with Gasteiger partial charge in [0, 0.05) is 19.5 Å². The third kappa shape index (κ3) is 9.48. The number of nitrogens with one attached hydrogen (secondary N) is 2. The lowest BCUT2D eigenvalue weighted by molar-refractivity contribution is -0.130. The summed E-state index contributed by atoms with van der Waals surface area (Å²) in [5.41, 5.74) is 0. The lowest BCUT2D eigenvalue weighted by Crippen LogP contribution is -2.36. The average molecular weight is 288 g/mol. The zero-order valence-electron chi connectivity index (χ0n) is 11.6. The van der Waals surface area contributed by atoms with Gasteiger partial charge >= 0.3 is 0 Å². The van der Waals surface area contributed by atoms with E-state index in [1.807, 2.05) is 0 Å². The Morgan fingerprint density at radius 3 is 2.50 bits per heavy atom. The van der Waals surface area contributed by atoms with Gasteiger partial charge in [0.25, 0.3) is 0 Å². The second-order valence-electron chi connectivity index (χ2n) is 4.13. The topological polar surface area (TPSA) is 108 Å². The van der Waals surface area contributed by atoms with Crippen LogP contribution in [0.1, 0.15) is 12.8 Å². The Morgan fingerprint density at radius 1 is 1.15 bits per heavy atom. The molecule has 0 rings (SSSR count). The van der Waals surface area contributed by atoms with Gasteiger partial charge in [0.2, 0.25) is 11.8 Å². The molecule has 0 bridgehead atoms. The fraction of sp³-hybridized carbons (Fsp3) is 0.692. The van der Waals surface area contributed by atoms with Crippen LogP contribution < -0.4 is 10.6 Å². The molecule has 0 heterocycles. The summed E-state index contributed by atoms with van der Waals surface area (Å²) in [5.74, 6) is -1.01. The fourth-order valence-electron chi connectivity index (χ4n) is 1.53. The van der Waals surface area contributed by atoms with Gasteiger partial charge in [0.15, 0.2) is 0 Å². The summed E-state index contributed by atoms with van der Waals surface area (Å²) in [4.78, 5) is 23.4. The minimum absolute atomic E-state index is 0.0552. The number of carbonyl (C=O) groups excluding carboxylic acids is 2. The van der Waals surface area contributed by atoms with Gasteiger partial charge in [-0.3, -0.25) is 9.59 Å². The summed E-state index contributed by atoms with van der Waals surface area (Å²) in [6.45, 7) is 4.42. The molecule has 1 atom stereocenters. The fourth-order valence-corrected chi connectivity index (χ4v) is 1.53. The van der Waals surface area contributed by atoms with Crippen molar-refractivity contribution in [1.82, 2.24) is 10.6 Å². The molecule has 4 N–H and O–H groups in total. The highest BCUT2D eigenvalue weighted by Crippen LogP contribution is 2.09. The van der Waals surface area contributed by atoms with E-state index in [0.29, 0.717) is 19.6 Å². The van der Waals surface area contributed by atoms with E-state index in [0.717, 1.165) is 0 Å². The van der Waals surface area contributed by atoms with Crippen LogP contribution in [0.3, 0.4) is 0 Å². The number of hydrogen-bond acceptors (Lipinski definition) is 5. The Balaban J connectivity index is 4.00. The molecule has 0 spiro atoms. The SMILES string of the molecule is C=CC[C@@H](CC(=O)NCCOCCO)C(=O)NCCO. The van der Waals surface area contributed by atoms with Crippen molar-refractivity contribution >= 4 is 11.8 Å². The summed E-state index contributed by atoms with van der Waals surface area (Å²) in [6, 6.07) is 0. The van der Waals surface area contributed by atoms with E-state index in [-0.39, 0.29) is 44.6 Å². The number of hydrogen-bond donors (Lipinski definition) is 4. The van der Waals surface area contributed by atoms with Crippen molar-refractivity contribution in [3.63, 3.8) is 0 Å². The van der Waals surface area contributed by atoms with Crippen LogP contribution in [0.2, 0.25) is 0 Å². The average Bonchev–Trinajstić information content (AvgIpc) is 2.44. The van der Waals surface area contributed by atoms with Crippen LogP contribution in [0.4, 0.5) is 0 Å². The normalized spacial score (nSPS) is 11.7. The van der Waals surface area contributed by atoms with Gasteiger partial charge in [-0.2, -0.15) is 0 Å². The molecule has 0 saturated heterocycles. The van der Waals surface area contributed by atoms with Crippen LogP contribution in [-0.2, 0) is 14.3 Å². The van der Waals surface area contributed by atoms with Gasteiger partial charge in [-0.1, -0.05) is 6.08 Å². The third-order valence-corrected chi connectivity index (χ3v) is 2.47. The third-order valence-electron chi connectivity index (χ3n) is 2.47. The summed E-state index contributed by atoms with van der Waals surface area (Å²) < 4.78 is 5.00. The Morgan fingerprint density at radius 2 is 1.90 bits per heavy atom. The van der Waals surface area contributed by atoms with Crippen molar-refractivity contribution in [2.75, 3.05) is 39.5 Å².